The van der Waals surface area contributed by atoms with Crippen molar-refractivity contribution in [1.29, 1.82) is 0 Å². The van der Waals surface area contributed by atoms with Crippen LogP contribution in [0.4, 0.5) is 17.1 Å². The number of rotatable bonds is 8. The van der Waals surface area contributed by atoms with Gasteiger partial charge in [-0.25, -0.2) is 9.79 Å². The Hall–Kier alpha value is -4.05. The fourth-order valence-electron chi connectivity index (χ4n) is 4.46. The number of carbonyl (C=O) groups is 3. The molecule has 3 aromatic rings. The molecule has 9 nitrogen and oxygen atoms in total. The minimum absolute atomic E-state index is 0.201. The van der Waals surface area contributed by atoms with Crippen LogP contribution in [-0.2, 0) is 14.3 Å². The fraction of sp³-hybridized carbons (Fsp3) is 0.267. The van der Waals surface area contributed by atoms with E-state index in [2.05, 4.69) is 15.2 Å². The molecule has 2 heterocycles. The highest BCUT2D eigenvalue weighted by Crippen LogP contribution is 2.33. The van der Waals surface area contributed by atoms with E-state index in [0.29, 0.717) is 65.3 Å². The van der Waals surface area contributed by atoms with Gasteiger partial charge in [-0.05, 0) is 73.2 Å². The summed E-state index contributed by atoms with van der Waals surface area (Å²) in [6.07, 6.45) is 0.747. The number of fused-ring (bicyclic) bond motifs is 1. The van der Waals surface area contributed by atoms with E-state index in [1.165, 1.54) is 0 Å². The summed E-state index contributed by atoms with van der Waals surface area (Å²) in [4.78, 5) is 46.7. The monoisotopic (exact) mass is 560 g/mol. The average Bonchev–Trinajstić information content (AvgIpc) is 3.22. The van der Waals surface area contributed by atoms with E-state index in [4.69, 9.17) is 21.1 Å². The number of amides is 2. The summed E-state index contributed by atoms with van der Waals surface area (Å²) in [6, 6.07) is 18.6. The summed E-state index contributed by atoms with van der Waals surface area (Å²) >= 11 is 6.27. The second-order valence-electron chi connectivity index (χ2n) is 9.44. The smallest absolute Gasteiger partial charge is 0.338 e. The lowest BCUT2D eigenvalue weighted by atomic mass is 10.1. The molecule has 1 fully saturated rings. The molecule has 2 aliphatic heterocycles. The van der Waals surface area contributed by atoms with Crippen LogP contribution in [-0.4, -0.2) is 68.0 Å². The van der Waals surface area contributed by atoms with Crippen molar-refractivity contribution in [2.45, 2.75) is 13.3 Å². The summed E-state index contributed by atoms with van der Waals surface area (Å²) in [7, 11) is 0. The first-order valence-corrected chi connectivity index (χ1v) is 13.5. The molecule has 40 heavy (non-hydrogen) atoms. The molecule has 10 heteroatoms. The van der Waals surface area contributed by atoms with Crippen LogP contribution in [0.25, 0.3) is 0 Å². The number of carbonyl (C=O) groups excluding carboxylic acids is 3. The van der Waals surface area contributed by atoms with E-state index in [1.807, 2.05) is 13.0 Å². The van der Waals surface area contributed by atoms with E-state index in [-0.39, 0.29) is 11.8 Å². The van der Waals surface area contributed by atoms with E-state index in [1.54, 1.807) is 65.6 Å². The van der Waals surface area contributed by atoms with E-state index in [9.17, 15) is 14.4 Å². The maximum absolute atomic E-state index is 13.4. The van der Waals surface area contributed by atoms with Crippen LogP contribution < -0.4 is 10.2 Å². The predicted octanol–water partition coefficient (Wildman–Crippen LogP) is 4.92. The lowest BCUT2D eigenvalue weighted by molar-refractivity contribution is -0.112. The maximum atomic E-state index is 13.4. The average molecular weight is 561 g/mol. The van der Waals surface area contributed by atoms with Crippen LogP contribution in [0.1, 0.15) is 39.6 Å². The number of nitrogens with zero attached hydrogens (tertiary/aromatic N) is 3. The normalized spacial score (nSPS) is 16.2. The first-order chi connectivity index (χ1) is 19.4. The summed E-state index contributed by atoms with van der Waals surface area (Å²) in [5.41, 5.74) is 3.67. The standard InChI is InChI=1S/C30H29ClN4O5/c1-2-15-40-30(38)21-5-10-24(11-6-21)33-28(36)20-3-8-23(9-4-20)32-27-25-18-22(31)7-12-26(25)35(29(27)37)19-34-13-16-39-17-14-34/h3-12,18H,2,13-17,19H2,1H3,(H,33,36). The molecule has 1 saturated heterocycles. The van der Waals surface area contributed by atoms with Gasteiger partial charge in [0.1, 0.15) is 5.71 Å². The number of hydrogen-bond donors (Lipinski definition) is 1. The zero-order valence-corrected chi connectivity index (χ0v) is 22.8. The molecule has 5 rings (SSSR count). The summed E-state index contributed by atoms with van der Waals surface area (Å²) in [5.74, 6) is -0.911. The number of anilines is 2. The minimum Gasteiger partial charge on any atom is -0.462 e. The number of aliphatic imine (C=N–C) groups is 1. The Kier molecular flexibility index (Phi) is 8.54. The number of nitrogens with one attached hydrogen (secondary N) is 1. The molecule has 0 bridgehead atoms. The van der Waals surface area contributed by atoms with Crippen molar-refractivity contribution in [3.05, 3.63) is 88.4 Å². The highest BCUT2D eigenvalue weighted by molar-refractivity contribution is 6.55. The number of ether oxygens (including phenoxy) is 2. The molecule has 3 aromatic carbocycles. The van der Waals surface area contributed by atoms with Gasteiger partial charge >= 0.3 is 5.97 Å². The molecule has 0 spiro atoms. The van der Waals surface area contributed by atoms with Gasteiger partial charge in [0.25, 0.3) is 11.8 Å². The second kappa shape index (κ2) is 12.4. The fourth-order valence-corrected chi connectivity index (χ4v) is 4.64. The Balaban J connectivity index is 1.29. The summed E-state index contributed by atoms with van der Waals surface area (Å²) in [5, 5.41) is 3.33. The van der Waals surface area contributed by atoms with Gasteiger partial charge in [0, 0.05) is 34.9 Å². The molecule has 0 radical (unpaired) electrons. The van der Waals surface area contributed by atoms with Crippen molar-refractivity contribution in [1.82, 2.24) is 4.90 Å². The Bertz CT molecular complexity index is 1430. The number of halogens is 1. The van der Waals surface area contributed by atoms with Gasteiger partial charge in [-0.15, -0.1) is 0 Å². The third kappa shape index (κ3) is 6.22. The number of esters is 1. The van der Waals surface area contributed by atoms with Crippen molar-refractivity contribution in [2.75, 3.05) is 49.8 Å². The zero-order valence-electron chi connectivity index (χ0n) is 22.1. The molecule has 0 unspecified atom stereocenters. The Morgan fingerprint density at radius 3 is 2.40 bits per heavy atom. The molecule has 0 atom stereocenters. The van der Waals surface area contributed by atoms with Gasteiger partial charge in [0.05, 0.1) is 43.4 Å². The predicted molar refractivity (Wildman–Crippen MR) is 154 cm³/mol. The first kappa shape index (κ1) is 27.5. The molecule has 1 N–H and O–H groups in total. The summed E-state index contributed by atoms with van der Waals surface area (Å²) < 4.78 is 10.6. The van der Waals surface area contributed by atoms with Gasteiger partial charge in [-0.2, -0.15) is 0 Å². The van der Waals surface area contributed by atoms with Crippen LogP contribution in [0.2, 0.25) is 5.02 Å². The van der Waals surface area contributed by atoms with Crippen molar-refractivity contribution < 1.29 is 23.9 Å². The van der Waals surface area contributed by atoms with Crippen LogP contribution in [0.3, 0.4) is 0 Å². The minimum atomic E-state index is -0.396. The van der Waals surface area contributed by atoms with Crippen molar-refractivity contribution >= 4 is 52.2 Å². The third-order valence-electron chi connectivity index (χ3n) is 6.58. The van der Waals surface area contributed by atoms with Gasteiger partial charge in [0.15, 0.2) is 0 Å². The van der Waals surface area contributed by atoms with Gasteiger partial charge in [0.2, 0.25) is 0 Å². The second-order valence-corrected chi connectivity index (χ2v) is 9.88. The number of morpholine rings is 1. The Morgan fingerprint density at radius 1 is 1.00 bits per heavy atom. The Morgan fingerprint density at radius 2 is 1.70 bits per heavy atom. The van der Waals surface area contributed by atoms with E-state index in [0.717, 1.165) is 25.2 Å². The van der Waals surface area contributed by atoms with E-state index >= 15 is 0 Å². The highest BCUT2D eigenvalue weighted by Gasteiger charge is 2.35. The van der Waals surface area contributed by atoms with Gasteiger partial charge in [-0.3, -0.25) is 19.4 Å². The van der Waals surface area contributed by atoms with Crippen LogP contribution in [0.5, 0.6) is 0 Å². The lowest BCUT2D eigenvalue weighted by Crippen LogP contribution is -2.45. The Labute approximate surface area is 237 Å². The van der Waals surface area contributed by atoms with Crippen LogP contribution >= 0.6 is 11.6 Å². The third-order valence-corrected chi connectivity index (χ3v) is 6.82. The first-order valence-electron chi connectivity index (χ1n) is 13.1. The van der Waals surface area contributed by atoms with Crippen LogP contribution in [0, 0.1) is 0 Å². The maximum Gasteiger partial charge on any atom is 0.338 e. The van der Waals surface area contributed by atoms with Crippen LogP contribution in [0.15, 0.2) is 71.7 Å². The molecule has 0 aromatic heterocycles. The van der Waals surface area contributed by atoms with Crippen molar-refractivity contribution in [2.24, 2.45) is 4.99 Å². The van der Waals surface area contributed by atoms with E-state index < -0.39 is 5.97 Å². The highest BCUT2D eigenvalue weighted by atomic mass is 35.5. The molecule has 206 valence electrons. The molecule has 0 aliphatic carbocycles. The van der Waals surface area contributed by atoms with Crippen molar-refractivity contribution in [3.8, 4) is 0 Å². The SMILES string of the molecule is CCCOC(=O)c1ccc(NC(=O)c2ccc(N=C3C(=O)N(CN4CCOCC4)c4ccc(Cl)cc43)cc2)cc1. The topological polar surface area (TPSA) is 101 Å². The number of hydrogen-bond acceptors (Lipinski definition) is 7. The molecular formula is C30H29ClN4O5. The molecule has 2 aliphatic rings. The van der Waals surface area contributed by atoms with Gasteiger partial charge < -0.3 is 14.8 Å². The molecular weight excluding hydrogens is 532 g/mol. The van der Waals surface area contributed by atoms with Crippen molar-refractivity contribution in [3.63, 3.8) is 0 Å². The zero-order chi connectivity index (χ0) is 28.1. The molecule has 0 saturated carbocycles. The summed E-state index contributed by atoms with van der Waals surface area (Å²) in [6.45, 7) is 5.49. The van der Waals surface area contributed by atoms with Gasteiger partial charge in [-0.1, -0.05) is 18.5 Å². The number of benzene rings is 3. The quantitative estimate of drug-likeness (QED) is 0.393. The largest absolute Gasteiger partial charge is 0.462 e. The molecule has 2 amide bonds. The lowest BCUT2D eigenvalue weighted by Gasteiger charge is -2.30.